The van der Waals surface area contributed by atoms with Crippen LogP contribution in [0.4, 0.5) is 0 Å². The Balaban J connectivity index is 2.65. The van der Waals surface area contributed by atoms with Crippen molar-refractivity contribution in [3.8, 4) is 5.75 Å². The summed E-state index contributed by atoms with van der Waals surface area (Å²) in [5.74, 6) is 0.897. The molecule has 0 aliphatic rings. The maximum Gasteiger partial charge on any atom is 0.180 e. The van der Waals surface area contributed by atoms with Crippen molar-refractivity contribution in [1.29, 1.82) is 0 Å². The maximum absolute atomic E-state index is 6.22. The third-order valence-electron chi connectivity index (χ3n) is 3.11. The number of hydrogen-bond acceptors (Lipinski definition) is 2. The number of ether oxygens (including phenoxy) is 1. The number of methoxy groups -OCH3 is 1. The van der Waals surface area contributed by atoms with Gasteiger partial charge >= 0.3 is 0 Å². The van der Waals surface area contributed by atoms with Gasteiger partial charge in [-0.1, -0.05) is 32.9 Å². The van der Waals surface area contributed by atoms with E-state index in [4.69, 9.17) is 9.16 Å². The minimum Gasteiger partial charge on any atom is -0.497 e. The molecule has 1 rings (SSSR count). The Kier molecular flexibility index (Phi) is 5.72. The van der Waals surface area contributed by atoms with Gasteiger partial charge in [0.1, 0.15) is 5.75 Å². The molecule has 0 saturated heterocycles. The summed E-state index contributed by atoms with van der Waals surface area (Å²) >= 11 is 0. The molecule has 0 radical (unpaired) electrons. The third kappa shape index (κ3) is 4.17. The summed E-state index contributed by atoms with van der Waals surface area (Å²) < 4.78 is 11.4. The van der Waals surface area contributed by atoms with Crippen LogP contribution in [0.25, 0.3) is 0 Å². The lowest BCUT2D eigenvalue weighted by molar-refractivity contribution is 0.222. The van der Waals surface area contributed by atoms with Crippen molar-refractivity contribution in [2.75, 3.05) is 7.11 Å². The fraction of sp³-hybridized carbons (Fsp3) is 0.571. The summed E-state index contributed by atoms with van der Waals surface area (Å²) in [6.07, 6.45) is 0.194. The van der Waals surface area contributed by atoms with Crippen molar-refractivity contribution in [2.24, 2.45) is 0 Å². The van der Waals surface area contributed by atoms with Gasteiger partial charge in [0.25, 0.3) is 0 Å². The largest absolute Gasteiger partial charge is 0.497 e. The van der Waals surface area contributed by atoms with Crippen LogP contribution in [0.5, 0.6) is 5.75 Å². The van der Waals surface area contributed by atoms with Gasteiger partial charge in [0.2, 0.25) is 0 Å². The van der Waals surface area contributed by atoms with Gasteiger partial charge in [-0.15, -0.1) is 0 Å². The molecule has 0 fully saturated rings. The van der Waals surface area contributed by atoms with Crippen molar-refractivity contribution in [2.45, 2.75) is 45.4 Å². The Labute approximate surface area is 107 Å². The third-order valence-corrected chi connectivity index (χ3v) is 6.16. The highest BCUT2D eigenvalue weighted by atomic mass is 28.3. The molecule has 0 bridgehead atoms. The van der Waals surface area contributed by atoms with E-state index < -0.39 is 9.04 Å². The molecule has 1 aromatic rings. The van der Waals surface area contributed by atoms with Gasteiger partial charge in [0.05, 0.1) is 13.2 Å². The first kappa shape index (κ1) is 14.3. The smallest absolute Gasteiger partial charge is 0.180 e. The van der Waals surface area contributed by atoms with Crippen molar-refractivity contribution in [1.82, 2.24) is 0 Å². The van der Waals surface area contributed by atoms with E-state index >= 15 is 0 Å². The van der Waals surface area contributed by atoms with Crippen LogP contribution >= 0.6 is 0 Å². The van der Waals surface area contributed by atoms with Gasteiger partial charge in [-0.05, 0) is 36.2 Å². The quantitative estimate of drug-likeness (QED) is 0.714. The topological polar surface area (TPSA) is 18.5 Å². The molecule has 0 saturated carbocycles. The molecule has 0 spiro atoms. The van der Waals surface area contributed by atoms with E-state index in [2.05, 4.69) is 39.8 Å². The predicted octanol–water partition coefficient (Wildman–Crippen LogP) is 3.93. The summed E-state index contributed by atoms with van der Waals surface area (Å²) in [5.41, 5.74) is 1.93. The number of hydrogen-bond donors (Lipinski definition) is 0. The molecule has 17 heavy (non-hydrogen) atoms. The molecule has 0 amide bonds. The minimum absolute atomic E-state index is 0.194. The van der Waals surface area contributed by atoms with E-state index in [-0.39, 0.29) is 6.10 Å². The summed E-state index contributed by atoms with van der Waals surface area (Å²) in [6, 6.07) is 9.36. The molecule has 0 aliphatic carbocycles. The Morgan fingerprint density at radius 3 is 2.12 bits per heavy atom. The van der Waals surface area contributed by atoms with E-state index in [0.29, 0.717) is 5.54 Å². The fourth-order valence-electron chi connectivity index (χ4n) is 1.94. The second kappa shape index (κ2) is 6.82. The first-order chi connectivity index (χ1) is 8.08. The van der Waals surface area contributed by atoms with Gasteiger partial charge in [-0.2, -0.15) is 0 Å². The Bertz CT molecular complexity index is 321. The Morgan fingerprint density at radius 2 is 1.71 bits per heavy atom. The van der Waals surface area contributed by atoms with Crippen LogP contribution in [0.2, 0.25) is 11.6 Å². The lowest BCUT2D eigenvalue weighted by Gasteiger charge is -2.23. The maximum atomic E-state index is 6.22. The minimum atomic E-state index is -1.06. The molecule has 3 heteroatoms. The van der Waals surface area contributed by atoms with E-state index in [1.54, 1.807) is 7.11 Å². The molecule has 0 N–H and O–H groups in total. The summed E-state index contributed by atoms with van der Waals surface area (Å²) in [6.45, 7) is 8.90. The van der Waals surface area contributed by atoms with Crippen LogP contribution in [-0.4, -0.2) is 16.2 Å². The van der Waals surface area contributed by atoms with Crippen molar-refractivity contribution in [3.63, 3.8) is 0 Å². The average Bonchev–Trinajstić information content (AvgIpc) is 2.35. The molecule has 1 aromatic carbocycles. The highest BCUT2D eigenvalue weighted by Gasteiger charge is 2.18. The standard InChI is InChI=1S/C14H24O2Si/c1-6-17(11(2)3)16-12(4)13-7-9-14(15-5)10-8-13/h7-12,17H,6H2,1-5H3. The predicted molar refractivity (Wildman–Crippen MR) is 75.2 cm³/mol. The molecule has 0 aromatic heterocycles. The zero-order valence-electron chi connectivity index (χ0n) is 11.6. The second-order valence-electron chi connectivity index (χ2n) is 4.74. The van der Waals surface area contributed by atoms with Crippen LogP contribution in [0.3, 0.4) is 0 Å². The van der Waals surface area contributed by atoms with Gasteiger partial charge < -0.3 is 9.16 Å². The van der Waals surface area contributed by atoms with Gasteiger partial charge in [0.15, 0.2) is 9.04 Å². The fourth-order valence-corrected chi connectivity index (χ4v) is 4.07. The van der Waals surface area contributed by atoms with E-state index in [9.17, 15) is 0 Å². The molecule has 2 atom stereocenters. The van der Waals surface area contributed by atoms with Crippen LogP contribution < -0.4 is 4.74 Å². The van der Waals surface area contributed by atoms with Crippen molar-refractivity contribution >= 4 is 9.04 Å². The monoisotopic (exact) mass is 252 g/mol. The van der Waals surface area contributed by atoms with E-state index in [0.717, 1.165) is 5.75 Å². The second-order valence-corrected chi connectivity index (χ2v) is 8.24. The number of rotatable bonds is 6. The van der Waals surface area contributed by atoms with Crippen LogP contribution in [0.1, 0.15) is 39.4 Å². The molecule has 96 valence electrons. The van der Waals surface area contributed by atoms with E-state index in [1.165, 1.54) is 11.6 Å². The van der Waals surface area contributed by atoms with Gasteiger partial charge in [0, 0.05) is 0 Å². The lowest BCUT2D eigenvalue weighted by atomic mass is 10.1. The SMILES string of the molecule is CC[SiH](OC(C)c1ccc(OC)cc1)C(C)C. The van der Waals surface area contributed by atoms with Crippen molar-refractivity contribution < 1.29 is 9.16 Å². The number of benzene rings is 1. The van der Waals surface area contributed by atoms with Gasteiger partial charge in [-0.25, -0.2) is 0 Å². The van der Waals surface area contributed by atoms with Gasteiger partial charge in [-0.3, -0.25) is 0 Å². The summed E-state index contributed by atoms with van der Waals surface area (Å²) in [7, 11) is 0.623. The molecule has 0 aliphatic heterocycles. The molecular formula is C14H24O2Si. The highest BCUT2D eigenvalue weighted by molar-refractivity contribution is 6.53. The normalized spacial score (nSPS) is 14.7. The first-order valence-corrected chi connectivity index (χ1v) is 8.33. The summed E-state index contributed by atoms with van der Waals surface area (Å²) in [5, 5.41) is 0. The van der Waals surface area contributed by atoms with Crippen LogP contribution in [-0.2, 0) is 4.43 Å². The highest BCUT2D eigenvalue weighted by Crippen LogP contribution is 2.24. The Hall–Kier alpha value is -0.803. The zero-order chi connectivity index (χ0) is 12.8. The van der Waals surface area contributed by atoms with Crippen LogP contribution in [0.15, 0.2) is 24.3 Å². The van der Waals surface area contributed by atoms with Crippen molar-refractivity contribution in [3.05, 3.63) is 29.8 Å². The van der Waals surface area contributed by atoms with E-state index in [1.807, 2.05) is 12.1 Å². The lowest BCUT2D eigenvalue weighted by Crippen LogP contribution is -2.22. The average molecular weight is 252 g/mol. The molecule has 0 heterocycles. The Morgan fingerprint density at radius 1 is 1.12 bits per heavy atom. The molecule has 2 nitrogen and oxygen atoms in total. The zero-order valence-corrected chi connectivity index (χ0v) is 12.7. The molecule has 2 unspecified atom stereocenters. The summed E-state index contributed by atoms with van der Waals surface area (Å²) in [4.78, 5) is 0. The van der Waals surface area contributed by atoms with Crippen LogP contribution in [0, 0.1) is 0 Å². The molecular weight excluding hydrogens is 228 g/mol. The first-order valence-electron chi connectivity index (χ1n) is 6.37.